The molecule has 8 heteroatoms. The molecule has 1 N–H and O–H groups in total. The summed E-state index contributed by atoms with van der Waals surface area (Å²) >= 11 is 0. The molecule has 0 saturated heterocycles. The summed E-state index contributed by atoms with van der Waals surface area (Å²) in [5.74, 6) is -0.919. The molecule has 178 valence electrons. The highest BCUT2D eigenvalue weighted by Crippen LogP contribution is 2.33. The average Bonchev–Trinajstić information content (AvgIpc) is 3.23. The molecule has 0 spiro atoms. The van der Waals surface area contributed by atoms with Gasteiger partial charge in [0.1, 0.15) is 22.9 Å². The van der Waals surface area contributed by atoms with E-state index in [1.807, 2.05) is 47.2 Å². The lowest BCUT2D eigenvalue weighted by Crippen LogP contribution is -3.00. The molecular weight excluding hydrogens is 518 g/mol. The van der Waals surface area contributed by atoms with E-state index >= 15 is 0 Å². The van der Waals surface area contributed by atoms with E-state index in [4.69, 9.17) is 9.47 Å². The molecule has 5 nitrogen and oxygen atoms in total. The summed E-state index contributed by atoms with van der Waals surface area (Å²) < 4.78 is 40.0. The van der Waals surface area contributed by atoms with Gasteiger partial charge in [0.2, 0.25) is 5.69 Å². The number of benzene rings is 3. The van der Waals surface area contributed by atoms with Gasteiger partial charge in [-0.25, -0.2) is 13.6 Å². The highest BCUT2D eigenvalue weighted by molar-refractivity contribution is 6.10. The van der Waals surface area contributed by atoms with Gasteiger partial charge in [0, 0.05) is 34.0 Å². The van der Waals surface area contributed by atoms with Crippen LogP contribution in [-0.2, 0) is 11.3 Å². The topological polar surface area (TPSA) is 55.2 Å². The predicted octanol–water partition coefficient (Wildman–Crippen LogP) is 2.40. The van der Waals surface area contributed by atoms with E-state index in [0.29, 0.717) is 11.1 Å². The molecule has 2 aromatic heterocycles. The predicted molar refractivity (Wildman–Crippen MR) is 125 cm³/mol. The number of pyridine rings is 1. The van der Waals surface area contributed by atoms with Crippen LogP contribution in [0, 0.1) is 11.6 Å². The molecule has 0 aliphatic rings. The van der Waals surface area contributed by atoms with E-state index in [-0.39, 0.29) is 23.5 Å². The lowest BCUT2D eigenvalue weighted by atomic mass is 10.0. The van der Waals surface area contributed by atoms with Gasteiger partial charge >= 0.3 is 5.97 Å². The molecule has 0 amide bonds. The van der Waals surface area contributed by atoms with E-state index in [2.05, 4.69) is 4.98 Å². The van der Waals surface area contributed by atoms with E-state index in [1.165, 1.54) is 19.2 Å². The van der Waals surface area contributed by atoms with Crippen LogP contribution in [0.4, 0.5) is 8.78 Å². The summed E-state index contributed by atoms with van der Waals surface area (Å²) in [4.78, 5) is 15.4. The molecule has 5 aromatic rings. The standard InChI is InChI=1S/C27H20F2N2O3.BrH/c1-33-20-9-10-24-22(14-20)21-11-12-31(15-18-7-8-19(28)13-23(18)29)26(25(21)30-24)16-3-5-17(6-4-16)27(32)34-2;/h3-14H,15H2,1-2H3;1H. The molecular formula is C27H21BrF2N2O3. The third kappa shape index (κ3) is 4.49. The van der Waals surface area contributed by atoms with Gasteiger partial charge in [0.05, 0.1) is 25.3 Å². The average molecular weight is 539 g/mol. The number of hydrogen-bond donors (Lipinski definition) is 1. The Kier molecular flexibility index (Phi) is 6.84. The zero-order valence-electron chi connectivity index (χ0n) is 18.9. The number of esters is 1. The largest absolute Gasteiger partial charge is 1.00 e. The fraction of sp³-hybridized carbons (Fsp3) is 0.111. The van der Waals surface area contributed by atoms with Crippen molar-refractivity contribution in [2.24, 2.45) is 0 Å². The second kappa shape index (κ2) is 9.84. The molecule has 35 heavy (non-hydrogen) atoms. The van der Waals surface area contributed by atoms with Crippen molar-refractivity contribution in [3.05, 3.63) is 95.7 Å². The number of halogens is 3. The quantitative estimate of drug-likeness (QED) is 0.276. The van der Waals surface area contributed by atoms with Crippen molar-refractivity contribution in [2.45, 2.75) is 6.54 Å². The van der Waals surface area contributed by atoms with Gasteiger partial charge in [0.25, 0.3) is 0 Å². The van der Waals surface area contributed by atoms with E-state index in [9.17, 15) is 13.6 Å². The number of aromatic amines is 1. The maximum Gasteiger partial charge on any atom is 0.337 e. The number of carbonyl (C=O) groups excluding carboxylic acids is 1. The lowest BCUT2D eigenvalue weighted by molar-refractivity contribution is -0.676. The smallest absolute Gasteiger partial charge is 0.337 e. The van der Waals surface area contributed by atoms with E-state index in [1.54, 1.807) is 19.2 Å². The number of methoxy groups -OCH3 is 2. The highest BCUT2D eigenvalue weighted by Gasteiger charge is 2.23. The summed E-state index contributed by atoms with van der Waals surface area (Å²) in [6.45, 7) is 0.189. The second-order valence-corrected chi connectivity index (χ2v) is 7.92. The van der Waals surface area contributed by atoms with E-state index in [0.717, 1.165) is 44.9 Å². The SMILES string of the molecule is COC(=O)c1ccc(-c2c3[nH]c4ccc(OC)cc4c3cc[n+]2Cc2ccc(F)cc2F)cc1.[Br-]. The second-order valence-electron chi connectivity index (χ2n) is 7.92. The van der Waals surface area contributed by atoms with Gasteiger partial charge in [-0.2, -0.15) is 4.57 Å². The van der Waals surface area contributed by atoms with Crippen LogP contribution >= 0.6 is 0 Å². The molecule has 3 aromatic carbocycles. The molecule has 5 rings (SSSR count). The highest BCUT2D eigenvalue weighted by atomic mass is 79.9. The molecule has 0 bridgehead atoms. The van der Waals surface area contributed by atoms with Gasteiger partial charge in [-0.1, -0.05) is 0 Å². The van der Waals surface area contributed by atoms with E-state index < -0.39 is 17.6 Å². The number of fused-ring (bicyclic) bond motifs is 3. The normalized spacial score (nSPS) is 10.9. The lowest BCUT2D eigenvalue weighted by Gasteiger charge is -2.08. The summed E-state index contributed by atoms with van der Waals surface area (Å²) in [7, 11) is 2.95. The first-order valence-electron chi connectivity index (χ1n) is 10.6. The summed E-state index contributed by atoms with van der Waals surface area (Å²) in [6.07, 6.45) is 1.88. The van der Waals surface area contributed by atoms with Crippen LogP contribution in [-0.4, -0.2) is 25.2 Å². The Balaban J connectivity index is 0.00000289. The Morgan fingerprint density at radius 1 is 0.943 bits per heavy atom. The molecule has 0 fully saturated rings. The van der Waals surface area contributed by atoms with Crippen molar-refractivity contribution in [3.63, 3.8) is 0 Å². The first-order valence-corrected chi connectivity index (χ1v) is 10.6. The number of hydrogen-bond acceptors (Lipinski definition) is 3. The first-order chi connectivity index (χ1) is 16.5. The number of nitrogens with zero attached hydrogens (tertiary/aromatic N) is 1. The fourth-order valence-corrected chi connectivity index (χ4v) is 4.22. The number of ether oxygens (including phenoxy) is 2. The minimum atomic E-state index is -0.620. The molecule has 0 aliphatic carbocycles. The molecule has 0 aliphatic heterocycles. The summed E-state index contributed by atoms with van der Waals surface area (Å²) in [5.41, 5.74) is 4.17. The number of H-pyrrole nitrogens is 1. The Hall–Kier alpha value is -3.78. The van der Waals surface area contributed by atoms with Crippen LogP contribution in [0.3, 0.4) is 0 Å². The van der Waals surface area contributed by atoms with Gasteiger partial charge in [-0.05, 0) is 54.6 Å². The number of aromatic nitrogens is 2. The van der Waals surface area contributed by atoms with Crippen LogP contribution < -0.4 is 26.3 Å². The Morgan fingerprint density at radius 3 is 2.40 bits per heavy atom. The van der Waals surface area contributed by atoms with Crippen molar-refractivity contribution < 1.29 is 44.6 Å². The van der Waals surface area contributed by atoms with Crippen LogP contribution in [0.1, 0.15) is 15.9 Å². The molecule has 0 atom stereocenters. The maximum atomic E-state index is 14.5. The summed E-state index contributed by atoms with van der Waals surface area (Å²) in [5, 5.41) is 1.96. The van der Waals surface area contributed by atoms with Gasteiger partial charge < -0.3 is 31.4 Å². The van der Waals surface area contributed by atoms with Crippen molar-refractivity contribution in [3.8, 4) is 17.0 Å². The zero-order chi connectivity index (χ0) is 23.8. The Morgan fingerprint density at radius 2 is 1.71 bits per heavy atom. The Bertz CT molecular complexity index is 1550. The number of rotatable bonds is 5. The van der Waals surface area contributed by atoms with Crippen LogP contribution in [0.5, 0.6) is 5.75 Å². The van der Waals surface area contributed by atoms with Crippen molar-refractivity contribution in [2.75, 3.05) is 14.2 Å². The molecule has 0 saturated carbocycles. The van der Waals surface area contributed by atoms with Gasteiger partial charge in [-0.3, -0.25) is 0 Å². The maximum absolute atomic E-state index is 14.5. The van der Waals surface area contributed by atoms with Crippen LogP contribution in [0.15, 0.2) is 72.9 Å². The number of carbonyl (C=O) groups is 1. The van der Waals surface area contributed by atoms with Gasteiger partial charge in [-0.15, -0.1) is 0 Å². The third-order valence-electron chi connectivity index (χ3n) is 5.93. The minimum absolute atomic E-state index is 0. The monoisotopic (exact) mass is 538 g/mol. The first kappa shape index (κ1) is 24.3. The van der Waals surface area contributed by atoms with Crippen LogP contribution in [0.2, 0.25) is 0 Å². The minimum Gasteiger partial charge on any atom is -1.00 e. The summed E-state index contributed by atoms with van der Waals surface area (Å²) in [6, 6.07) is 18.3. The van der Waals surface area contributed by atoms with Crippen molar-refractivity contribution in [1.29, 1.82) is 0 Å². The molecule has 0 radical (unpaired) electrons. The van der Waals surface area contributed by atoms with Crippen LogP contribution in [0.25, 0.3) is 33.1 Å². The molecule has 0 unspecified atom stereocenters. The van der Waals surface area contributed by atoms with Crippen molar-refractivity contribution >= 4 is 27.8 Å². The Labute approximate surface area is 210 Å². The van der Waals surface area contributed by atoms with Crippen molar-refractivity contribution in [1.82, 2.24) is 4.98 Å². The molecule has 2 heterocycles. The number of nitrogens with one attached hydrogen (secondary N) is 1. The van der Waals surface area contributed by atoms with Gasteiger partial charge in [0.15, 0.2) is 12.7 Å². The third-order valence-corrected chi connectivity index (χ3v) is 5.93. The zero-order valence-corrected chi connectivity index (χ0v) is 20.5. The fourth-order valence-electron chi connectivity index (χ4n) is 4.22.